The summed E-state index contributed by atoms with van der Waals surface area (Å²) in [5.41, 5.74) is 3.83. The molecule has 3 rings (SSSR count). The molecule has 1 amide bonds. The predicted octanol–water partition coefficient (Wildman–Crippen LogP) is 4.92. The Bertz CT molecular complexity index is 714. The van der Waals surface area contributed by atoms with Gasteiger partial charge in [0.25, 0.3) is 5.91 Å². The maximum Gasteiger partial charge on any atom is 0.261 e. The molecule has 4 heteroatoms. The highest BCUT2D eigenvalue weighted by molar-refractivity contribution is 7.14. The summed E-state index contributed by atoms with van der Waals surface area (Å²) in [4.78, 5) is 17.0. The van der Waals surface area contributed by atoms with Crippen molar-refractivity contribution in [3.05, 3.63) is 56.8 Å². The van der Waals surface area contributed by atoms with Crippen molar-refractivity contribution in [3.63, 3.8) is 0 Å². The van der Waals surface area contributed by atoms with Gasteiger partial charge in [0, 0.05) is 18.0 Å². The van der Waals surface area contributed by atoms with Gasteiger partial charge in [0.05, 0.1) is 4.88 Å². The van der Waals surface area contributed by atoms with E-state index in [-0.39, 0.29) is 5.91 Å². The fourth-order valence-corrected chi connectivity index (χ4v) is 4.54. The van der Waals surface area contributed by atoms with Crippen LogP contribution in [0.2, 0.25) is 0 Å². The van der Waals surface area contributed by atoms with Crippen LogP contribution < -0.4 is 5.32 Å². The second-order valence-corrected chi connectivity index (χ2v) is 8.53. The lowest BCUT2D eigenvalue weighted by molar-refractivity contribution is 0.0955. The van der Waals surface area contributed by atoms with Crippen LogP contribution in [0.1, 0.15) is 63.8 Å². The van der Waals surface area contributed by atoms with Crippen molar-refractivity contribution >= 4 is 17.2 Å². The summed E-state index contributed by atoms with van der Waals surface area (Å²) in [6, 6.07) is 10.7. The third-order valence-electron chi connectivity index (χ3n) is 5.09. The third kappa shape index (κ3) is 5.18. The average Bonchev–Trinajstić information content (AvgIpc) is 3.03. The Kier molecular flexibility index (Phi) is 6.86. The van der Waals surface area contributed by atoms with E-state index in [1.54, 1.807) is 11.3 Å². The zero-order valence-corrected chi connectivity index (χ0v) is 16.8. The van der Waals surface area contributed by atoms with Gasteiger partial charge in [-0.3, -0.25) is 9.69 Å². The molecule has 1 aromatic heterocycles. The molecule has 26 heavy (non-hydrogen) atoms. The van der Waals surface area contributed by atoms with Gasteiger partial charge >= 0.3 is 0 Å². The Morgan fingerprint density at radius 2 is 1.81 bits per heavy atom. The van der Waals surface area contributed by atoms with Crippen molar-refractivity contribution in [2.75, 3.05) is 13.1 Å². The Morgan fingerprint density at radius 1 is 1.12 bits per heavy atom. The van der Waals surface area contributed by atoms with Gasteiger partial charge in [-0.15, -0.1) is 11.3 Å². The molecular formula is C22H30N2OS. The normalized spacial score (nSPS) is 15.2. The molecule has 140 valence electrons. The number of amides is 1. The number of benzene rings is 1. The van der Waals surface area contributed by atoms with Crippen molar-refractivity contribution < 1.29 is 4.79 Å². The van der Waals surface area contributed by atoms with Crippen LogP contribution in [0, 0.1) is 6.92 Å². The van der Waals surface area contributed by atoms with E-state index < -0.39 is 0 Å². The number of piperidine rings is 1. The van der Waals surface area contributed by atoms with E-state index in [9.17, 15) is 4.79 Å². The molecule has 2 aromatic rings. The van der Waals surface area contributed by atoms with Crippen LogP contribution in [-0.2, 0) is 19.5 Å². The molecule has 1 aliphatic rings. The van der Waals surface area contributed by atoms with Crippen molar-refractivity contribution in [1.29, 1.82) is 0 Å². The van der Waals surface area contributed by atoms with Crippen LogP contribution in [0.3, 0.4) is 0 Å². The highest BCUT2D eigenvalue weighted by Crippen LogP contribution is 2.23. The highest BCUT2D eigenvalue weighted by Gasteiger charge is 2.12. The number of hydrogen-bond acceptors (Lipinski definition) is 3. The van der Waals surface area contributed by atoms with Gasteiger partial charge in [-0.2, -0.15) is 0 Å². The van der Waals surface area contributed by atoms with Crippen molar-refractivity contribution in [3.8, 4) is 0 Å². The third-order valence-corrected chi connectivity index (χ3v) is 6.19. The van der Waals surface area contributed by atoms with E-state index in [0.717, 1.165) is 29.8 Å². The van der Waals surface area contributed by atoms with Crippen LogP contribution in [0.25, 0.3) is 0 Å². The molecule has 1 N–H and O–H groups in total. The van der Waals surface area contributed by atoms with Gasteiger partial charge in [0.1, 0.15) is 0 Å². The Labute approximate surface area is 161 Å². The van der Waals surface area contributed by atoms with Gasteiger partial charge in [0.15, 0.2) is 0 Å². The molecule has 0 saturated carbocycles. The molecule has 0 spiro atoms. The highest BCUT2D eigenvalue weighted by atomic mass is 32.1. The fourth-order valence-electron chi connectivity index (χ4n) is 3.56. The summed E-state index contributed by atoms with van der Waals surface area (Å²) in [6.07, 6.45) is 6.19. The second-order valence-electron chi connectivity index (χ2n) is 7.28. The predicted molar refractivity (Wildman–Crippen MR) is 110 cm³/mol. The minimum atomic E-state index is 0.0397. The van der Waals surface area contributed by atoms with Crippen molar-refractivity contribution in [1.82, 2.24) is 10.2 Å². The molecule has 1 saturated heterocycles. The summed E-state index contributed by atoms with van der Waals surface area (Å²) < 4.78 is 0. The summed E-state index contributed by atoms with van der Waals surface area (Å²) in [7, 11) is 0. The van der Waals surface area contributed by atoms with Gasteiger partial charge < -0.3 is 5.32 Å². The summed E-state index contributed by atoms with van der Waals surface area (Å²) in [6.45, 7) is 8.35. The maximum absolute atomic E-state index is 12.4. The number of hydrogen-bond donors (Lipinski definition) is 1. The summed E-state index contributed by atoms with van der Waals surface area (Å²) in [5, 5.41) is 3.06. The lowest BCUT2D eigenvalue weighted by Gasteiger charge is -2.26. The largest absolute Gasteiger partial charge is 0.347 e. The Balaban J connectivity index is 1.51. The molecular weight excluding hydrogens is 340 g/mol. The summed E-state index contributed by atoms with van der Waals surface area (Å²) >= 11 is 1.60. The molecule has 1 aliphatic heterocycles. The zero-order chi connectivity index (χ0) is 18.4. The molecule has 0 aliphatic carbocycles. The van der Waals surface area contributed by atoms with Crippen LogP contribution >= 0.6 is 11.3 Å². The number of rotatable bonds is 7. The lowest BCUT2D eigenvalue weighted by atomic mass is 10.1. The average molecular weight is 371 g/mol. The number of carbonyl (C=O) groups excluding carboxylic acids is 1. The maximum atomic E-state index is 12.4. The van der Waals surface area contributed by atoms with Gasteiger partial charge in [-0.1, -0.05) is 44.0 Å². The minimum absolute atomic E-state index is 0.0397. The SMILES string of the molecule is CCCc1cc(C(=O)NCc2ccc(CN3CCCCC3)cc2)sc1C. The number of nitrogens with one attached hydrogen (secondary N) is 1. The Hall–Kier alpha value is -1.65. The zero-order valence-electron chi connectivity index (χ0n) is 16.0. The Morgan fingerprint density at radius 3 is 2.50 bits per heavy atom. The first-order valence-corrected chi connectivity index (χ1v) is 10.6. The lowest BCUT2D eigenvalue weighted by Crippen LogP contribution is -2.29. The molecule has 0 radical (unpaired) electrons. The number of thiophene rings is 1. The van der Waals surface area contributed by atoms with Gasteiger partial charge in [-0.25, -0.2) is 0 Å². The molecule has 0 bridgehead atoms. The molecule has 0 atom stereocenters. The first-order valence-electron chi connectivity index (χ1n) is 9.83. The molecule has 2 heterocycles. The van der Waals surface area contributed by atoms with E-state index in [2.05, 4.69) is 54.4 Å². The van der Waals surface area contributed by atoms with E-state index in [1.807, 2.05) is 0 Å². The second kappa shape index (κ2) is 9.33. The van der Waals surface area contributed by atoms with Gasteiger partial charge in [0.2, 0.25) is 0 Å². The van der Waals surface area contributed by atoms with Crippen LogP contribution in [0.5, 0.6) is 0 Å². The number of nitrogens with zero attached hydrogens (tertiary/aromatic N) is 1. The molecule has 3 nitrogen and oxygen atoms in total. The van der Waals surface area contributed by atoms with Gasteiger partial charge in [-0.05, 0) is 62.0 Å². The van der Waals surface area contributed by atoms with Crippen LogP contribution in [-0.4, -0.2) is 23.9 Å². The van der Waals surface area contributed by atoms with E-state index in [4.69, 9.17) is 0 Å². The van der Waals surface area contributed by atoms with E-state index in [0.29, 0.717) is 6.54 Å². The topological polar surface area (TPSA) is 32.3 Å². The van der Waals surface area contributed by atoms with Crippen LogP contribution in [0.4, 0.5) is 0 Å². The van der Waals surface area contributed by atoms with E-state index >= 15 is 0 Å². The number of carbonyl (C=O) groups is 1. The smallest absolute Gasteiger partial charge is 0.261 e. The first-order chi connectivity index (χ1) is 12.7. The molecule has 0 unspecified atom stereocenters. The standard InChI is InChI=1S/C22H30N2OS/c1-3-7-20-14-21(26-17(20)2)22(25)23-15-18-8-10-19(11-9-18)16-24-12-5-4-6-13-24/h8-11,14H,3-7,12-13,15-16H2,1-2H3,(H,23,25). The van der Waals surface area contributed by atoms with Crippen LogP contribution in [0.15, 0.2) is 30.3 Å². The molecule has 1 fully saturated rings. The van der Waals surface area contributed by atoms with Crippen molar-refractivity contribution in [2.24, 2.45) is 0 Å². The molecule has 1 aromatic carbocycles. The number of likely N-dealkylation sites (tertiary alicyclic amines) is 1. The monoisotopic (exact) mass is 370 g/mol. The fraction of sp³-hybridized carbons (Fsp3) is 0.500. The minimum Gasteiger partial charge on any atom is -0.347 e. The quantitative estimate of drug-likeness (QED) is 0.750. The first kappa shape index (κ1) is 19.1. The van der Waals surface area contributed by atoms with Crippen molar-refractivity contribution in [2.45, 2.75) is 59.0 Å². The number of aryl methyl sites for hydroxylation is 2. The van der Waals surface area contributed by atoms with E-state index in [1.165, 1.54) is 48.4 Å². The summed E-state index contributed by atoms with van der Waals surface area (Å²) in [5.74, 6) is 0.0397.